The predicted molar refractivity (Wildman–Crippen MR) is 72.4 cm³/mol. The van der Waals surface area contributed by atoms with Crippen molar-refractivity contribution in [3.05, 3.63) is 36.4 Å². The molecule has 6 nitrogen and oxygen atoms in total. The fraction of sp³-hybridized carbons (Fsp3) is 0.154. The lowest BCUT2D eigenvalue weighted by Gasteiger charge is -2.07. The molecule has 0 fully saturated rings. The van der Waals surface area contributed by atoms with E-state index in [1.807, 2.05) is 30.3 Å². The van der Waals surface area contributed by atoms with Gasteiger partial charge in [0, 0.05) is 11.6 Å². The number of anilines is 2. The van der Waals surface area contributed by atoms with Crippen molar-refractivity contribution in [1.29, 1.82) is 0 Å². The zero-order valence-corrected chi connectivity index (χ0v) is 10.5. The third-order valence-electron chi connectivity index (χ3n) is 2.42. The van der Waals surface area contributed by atoms with E-state index in [1.54, 1.807) is 6.07 Å². The fourth-order valence-corrected chi connectivity index (χ4v) is 1.51. The van der Waals surface area contributed by atoms with Gasteiger partial charge in [0.15, 0.2) is 5.82 Å². The van der Waals surface area contributed by atoms with Crippen LogP contribution in [0, 0.1) is 0 Å². The van der Waals surface area contributed by atoms with E-state index in [9.17, 15) is 4.79 Å². The Hall–Kier alpha value is -2.63. The highest BCUT2D eigenvalue weighted by molar-refractivity contribution is 5.74. The highest BCUT2D eigenvalue weighted by Crippen LogP contribution is 2.18. The molecule has 0 spiro atoms. The van der Waals surface area contributed by atoms with Gasteiger partial charge in [-0.3, -0.25) is 4.79 Å². The quantitative estimate of drug-likeness (QED) is 0.804. The Morgan fingerprint density at radius 1 is 1.32 bits per heavy atom. The molecule has 2 aromatic rings. The van der Waals surface area contributed by atoms with Gasteiger partial charge in [0.2, 0.25) is 0 Å². The normalized spacial score (nSPS) is 9.95. The van der Waals surface area contributed by atoms with Crippen LogP contribution in [-0.4, -0.2) is 29.6 Å². The van der Waals surface area contributed by atoms with Crippen molar-refractivity contribution in [3.8, 4) is 11.4 Å². The molecule has 0 aliphatic heterocycles. The molecule has 0 saturated heterocycles. The van der Waals surface area contributed by atoms with Gasteiger partial charge in [-0.25, -0.2) is 9.97 Å². The van der Waals surface area contributed by atoms with E-state index in [0.717, 1.165) is 5.56 Å². The summed E-state index contributed by atoms with van der Waals surface area (Å²) in [6.45, 7) is 0.0290. The molecule has 19 heavy (non-hydrogen) atoms. The van der Waals surface area contributed by atoms with Gasteiger partial charge < -0.3 is 15.8 Å². The Morgan fingerprint density at radius 2 is 2.05 bits per heavy atom. The van der Waals surface area contributed by atoms with E-state index < -0.39 is 0 Å². The van der Waals surface area contributed by atoms with Crippen LogP contribution in [0.15, 0.2) is 36.4 Å². The van der Waals surface area contributed by atoms with Crippen molar-refractivity contribution < 1.29 is 9.53 Å². The highest BCUT2D eigenvalue weighted by atomic mass is 16.5. The summed E-state index contributed by atoms with van der Waals surface area (Å²) in [4.78, 5) is 19.5. The smallest absolute Gasteiger partial charge is 0.325 e. The van der Waals surface area contributed by atoms with Gasteiger partial charge in [-0.1, -0.05) is 30.3 Å². The number of carbonyl (C=O) groups excluding carboxylic acids is 1. The maximum atomic E-state index is 11.1. The van der Waals surface area contributed by atoms with Gasteiger partial charge in [-0.05, 0) is 0 Å². The number of hydrogen-bond donors (Lipinski definition) is 2. The van der Waals surface area contributed by atoms with E-state index >= 15 is 0 Å². The largest absolute Gasteiger partial charge is 0.468 e. The topological polar surface area (TPSA) is 90.1 Å². The van der Waals surface area contributed by atoms with Gasteiger partial charge in [-0.2, -0.15) is 0 Å². The fourth-order valence-electron chi connectivity index (χ4n) is 1.51. The van der Waals surface area contributed by atoms with E-state index in [1.165, 1.54) is 7.11 Å². The molecule has 0 amide bonds. The maximum Gasteiger partial charge on any atom is 0.325 e. The van der Waals surface area contributed by atoms with Gasteiger partial charge >= 0.3 is 5.97 Å². The van der Waals surface area contributed by atoms with Crippen molar-refractivity contribution in [2.24, 2.45) is 0 Å². The zero-order valence-electron chi connectivity index (χ0n) is 10.5. The minimum absolute atomic E-state index is 0.0290. The lowest BCUT2D eigenvalue weighted by atomic mass is 10.2. The first-order chi connectivity index (χ1) is 9.19. The Kier molecular flexibility index (Phi) is 3.92. The van der Waals surface area contributed by atoms with Gasteiger partial charge in [0.25, 0.3) is 0 Å². The van der Waals surface area contributed by atoms with E-state index in [-0.39, 0.29) is 12.5 Å². The second-order valence-electron chi connectivity index (χ2n) is 3.80. The first-order valence-corrected chi connectivity index (χ1v) is 5.69. The first-order valence-electron chi connectivity index (χ1n) is 5.69. The number of nitrogens with one attached hydrogen (secondary N) is 1. The standard InChI is InChI=1S/C13H14N4O2/c1-19-12(18)8-15-11-7-10(14)16-13(17-11)9-5-3-2-4-6-9/h2-7H,8H2,1H3,(H3,14,15,16,17). The van der Waals surface area contributed by atoms with E-state index in [4.69, 9.17) is 5.73 Å². The number of nitrogen functional groups attached to an aromatic ring is 1. The number of ether oxygens (including phenoxy) is 1. The van der Waals surface area contributed by atoms with Gasteiger partial charge in [-0.15, -0.1) is 0 Å². The maximum absolute atomic E-state index is 11.1. The molecule has 0 atom stereocenters. The van der Waals surface area contributed by atoms with Crippen LogP contribution in [0.5, 0.6) is 0 Å². The lowest BCUT2D eigenvalue weighted by molar-refractivity contribution is -0.138. The molecule has 0 aliphatic rings. The Balaban J connectivity index is 2.22. The average Bonchev–Trinajstić information content (AvgIpc) is 2.45. The Labute approximate surface area is 110 Å². The summed E-state index contributed by atoms with van der Waals surface area (Å²) in [5, 5.41) is 2.84. The van der Waals surface area contributed by atoms with Crippen molar-refractivity contribution in [1.82, 2.24) is 9.97 Å². The van der Waals surface area contributed by atoms with Crippen LogP contribution in [0.1, 0.15) is 0 Å². The number of carbonyl (C=O) groups is 1. The summed E-state index contributed by atoms with van der Waals surface area (Å²) < 4.78 is 4.54. The summed E-state index contributed by atoms with van der Waals surface area (Å²) in [5.41, 5.74) is 6.59. The summed E-state index contributed by atoms with van der Waals surface area (Å²) in [6.07, 6.45) is 0. The molecule has 3 N–H and O–H groups in total. The molecule has 0 aliphatic carbocycles. The average molecular weight is 258 g/mol. The number of nitrogens with two attached hydrogens (primary N) is 1. The van der Waals surface area contributed by atoms with Crippen LogP contribution in [0.25, 0.3) is 11.4 Å². The molecule has 98 valence electrons. The second kappa shape index (κ2) is 5.81. The van der Waals surface area contributed by atoms with Gasteiger partial charge in [0.1, 0.15) is 18.2 Å². The summed E-state index contributed by atoms with van der Waals surface area (Å²) >= 11 is 0. The zero-order chi connectivity index (χ0) is 13.7. The highest BCUT2D eigenvalue weighted by Gasteiger charge is 2.06. The number of hydrogen-bond acceptors (Lipinski definition) is 6. The molecule has 0 unspecified atom stereocenters. The van der Waals surface area contributed by atoms with Crippen LogP contribution in [0.4, 0.5) is 11.6 Å². The number of rotatable bonds is 4. The number of nitrogens with zero attached hydrogens (tertiary/aromatic N) is 2. The molecule has 0 radical (unpaired) electrons. The third kappa shape index (κ3) is 3.41. The van der Waals surface area contributed by atoms with Crippen LogP contribution in [0.3, 0.4) is 0 Å². The van der Waals surface area contributed by atoms with Crippen molar-refractivity contribution >= 4 is 17.6 Å². The summed E-state index contributed by atoms with van der Waals surface area (Å²) in [6, 6.07) is 11.0. The first kappa shape index (κ1) is 12.8. The van der Waals surface area contributed by atoms with Crippen LogP contribution < -0.4 is 11.1 Å². The molecule has 0 bridgehead atoms. The molecular weight excluding hydrogens is 244 g/mol. The predicted octanol–water partition coefficient (Wildman–Crippen LogP) is 1.31. The molecular formula is C13H14N4O2. The monoisotopic (exact) mass is 258 g/mol. The Morgan fingerprint density at radius 3 is 2.74 bits per heavy atom. The molecule has 1 aromatic carbocycles. The molecule has 2 rings (SSSR count). The van der Waals surface area contributed by atoms with Crippen molar-refractivity contribution in [2.45, 2.75) is 0 Å². The van der Waals surface area contributed by atoms with E-state index in [0.29, 0.717) is 17.5 Å². The second-order valence-corrected chi connectivity index (χ2v) is 3.80. The third-order valence-corrected chi connectivity index (χ3v) is 2.42. The molecule has 1 aromatic heterocycles. The number of benzene rings is 1. The van der Waals surface area contributed by atoms with Crippen LogP contribution in [-0.2, 0) is 9.53 Å². The SMILES string of the molecule is COC(=O)CNc1cc(N)nc(-c2ccccc2)n1. The summed E-state index contributed by atoms with van der Waals surface area (Å²) in [7, 11) is 1.33. The van der Waals surface area contributed by atoms with E-state index in [2.05, 4.69) is 20.0 Å². The number of aromatic nitrogens is 2. The minimum atomic E-state index is -0.376. The molecule has 1 heterocycles. The van der Waals surface area contributed by atoms with Crippen LogP contribution >= 0.6 is 0 Å². The molecule has 6 heteroatoms. The number of methoxy groups -OCH3 is 1. The van der Waals surface area contributed by atoms with Gasteiger partial charge in [0.05, 0.1) is 7.11 Å². The lowest BCUT2D eigenvalue weighted by Crippen LogP contribution is -2.16. The van der Waals surface area contributed by atoms with Crippen molar-refractivity contribution in [2.75, 3.05) is 24.7 Å². The summed E-state index contributed by atoms with van der Waals surface area (Å²) in [5.74, 6) is 0.949. The van der Waals surface area contributed by atoms with Crippen molar-refractivity contribution in [3.63, 3.8) is 0 Å². The molecule has 0 saturated carbocycles. The Bertz CT molecular complexity index is 572. The minimum Gasteiger partial charge on any atom is -0.468 e. The number of esters is 1. The van der Waals surface area contributed by atoms with Crippen LogP contribution in [0.2, 0.25) is 0 Å².